The van der Waals surface area contributed by atoms with Gasteiger partial charge in [-0.15, -0.1) is 0 Å². The molecule has 0 unspecified atom stereocenters. The monoisotopic (exact) mass is 330 g/mol. The van der Waals surface area contributed by atoms with Gasteiger partial charge in [-0.3, -0.25) is 9.78 Å². The Balaban J connectivity index is 1.40. The maximum absolute atomic E-state index is 11.9. The summed E-state index contributed by atoms with van der Waals surface area (Å²) in [7, 11) is 0. The Bertz CT molecular complexity index is 648. The van der Waals surface area contributed by atoms with Crippen molar-refractivity contribution in [1.29, 1.82) is 0 Å². The highest BCUT2D eigenvalue weighted by atomic mass is 16.3. The van der Waals surface area contributed by atoms with Crippen LogP contribution in [0.1, 0.15) is 19.3 Å². The molecule has 0 saturated carbocycles. The fourth-order valence-corrected chi connectivity index (χ4v) is 2.84. The van der Waals surface area contributed by atoms with Gasteiger partial charge in [0.1, 0.15) is 11.4 Å². The van der Waals surface area contributed by atoms with Crippen molar-refractivity contribution in [2.45, 2.75) is 31.4 Å². The number of imidazole rings is 1. The van der Waals surface area contributed by atoms with E-state index in [0.717, 1.165) is 18.8 Å². The van der Waals surface area contributed by atoms with E-state index in [9.17, 15) is 9.90 Å². The fourth-order valence-electron chi connectivity index (χ4n) is 2.84. The molecule has 3 heterocycles. The molecule has 0 aromatic carbocycles. The number of aryl methyl sites for hydroxylation is 1. The third-order valence-electron chi connectivity index (χ3n) is 4.20. The van der Waals surface area contributed by atoms with Crippen molar-refractivity contribution in [2.75, 3.05) is 24.5 Å². The number of rotatable bonds is 7. The van der Waals surface area contributed by atoms with Gasteiger partial charge >= 0.3 is 0 Å². The minimum Gasteiger partial charge on any atom is -0.386 e. The maximum atomic E-state index is 11.9. The summed E-state index contributed by atoms with van der Waals surface area (Å²) >= 11 is 0. The number of nitrogens with one attached hydrogen (secondary N) is 1. The van der Waals surface area contributed by atoms with Crippen LogP contribution < -0.4 is 10.2 Å². The molecule has 128 valence electrons. The van der Waals surface area contributed by atoms with Crippen molar-refractivity contribution >= 4 is 11.7 Å². The molecule has 0 radical (unpaired) electrons. The quantitative estimate of drug-likeness (QED) is 0.753. The minimum absolute atomic E-state index is 0.0403. The summed E-state index contributed by atoms with van der Waals surface area (Å²) in [6.07, 6.45) is 12.0. The minimum atomic E-state index is -0.919. The van der Waals surface area contributed by atoms with Gasteiger partial charge < -0.3 is 19.9 Å². The predicted molar refractivity (Wildman–Crippen MR) is 88.3 cm³/mol. The molecule has 2 aromatic rings. The van der Waals surface area contributed by atoms with Gasteiger partial charge in [-0.1, -0.05) is 0 Å². The number of aliphatic hydroxyl groups is 1. The van der Waals surface area contributed by atoms with Gasteiger partial charge in [0.2, 0.25) is 5.91 Å². The lowest BCUT2D eigenvalue weighted by Gasteiger charge is -2.24. The van der Waals surface area contributed by atoms with Gasteiger partial charge in [0, 0.05) is 57.4 Å². The van der Waals surface area contributed by atoms with Crippen molar-refractivity contribution in [3.63, 3.8) is 0 Å². The number of anilines is 1. The molecule has 1 fully saturated rings. The van der Waals surface area contributed by atoms with E-state index in [1.165, 1.54) is 0 Å². The summed E-state index contributed by atoms with van der Waals surface area (Å²) in [5, 5.41) is 13.5. The first-order valence-corrected chi connectivity index (χ1v) is 8.10. The molecule has 0 spiro atoms. The molecule has 1 amide bonds. The smallest absolute Gasteiger partial charge is 0.220 e. The zero-order valence-electron chi connectivity index (χ0n) is 13.5. The van der Waals surface area contributed by atoms with Crippen LogP contribution in [0.4, 0.5) is 5.82 Å². The third-order valence-corrected chi connectivity index (χ3v) is 4.20. The largest absolute Gasteiger partial charge is 0.386 e. The third kappa shape index (κ3) is 4.29. The first-order chi connectivity index (χ1) is 11.6. The number of nitrogens with zero attached hydrogens (tertiary/aromatic N) is 5. The standard InChI is InChI=1S/C16H22N6O2/c23-15(2-1-7-21-9-6-18-13-21)20-11-16(24)3-8-22(12-16)14-10-17-4-5-19-14/h4-6,9-10,13,24H,1-3,7-8,11-12H2,(H,20,23)/t16-/m0/s1. The van der Waals surface area contributed by atoms with Crippen LogP contribution >= 0.6 is 0 Å². The average Bonchev–Trinajstić information content (AvgIpc) is 3.24. The zero-order chi connectivity index (χ0) is 16.8. The molecule has 1 aliphatic heterocycles. The molecule has 1 atom stereocenters. The Morgan fingerprint density at radius 1 is 1.33 bits per heavy atom. The van der Waals surface area contributed by atoms with Crippen LogP contribution in [0.3, 0.4) is 0 Å². The summed E-state index contributed by atoms with van der Waals surface area (Å²) in [5.41, 5.74) is -0.919. The van der Waals surface area contributed by atoms with Gasteiger partial charge in [-0.05, 0) is 12.8 Å². The van der Waals surface area contributed by atoms with E-state index in [1.54, 1.807) is 31.1 Å². The molecule has 1 saturated heterocycles. The lowest BCUT2D eigenvalue weighted by atomic mass is 10.0. The Labute approximate surface area is 140 Å². The molecular formula is C16H22N6O2. The molecule has 24 heavy (non-hydrogen) atoms. The summed E-state index contributed by atoms with van der Waals surface area (Å²) < 4.78 is 1.94. The van der Waals surface area contributed by atoms with Crippen LogP contribution in [0.15, 0.2) is 37.3 Å². The van der Waals surface area contributed by atoms with Gasteiger partial charge in [0.25, 0.3) is 0 Å². The molecular weight excluding hydrogens is 308 g/mol. The van der Waals surface area contributed by atoms with Crippen LogP contribution in [0.5, 0.6) is 0 Å². The van der Waals surface area contributed by atoms with E-state index in [2.05, 4.69) is 20.3 Å². The average molecular weight is 330 g/mol. The van der Waals surface area contributed by atoms with Crippen molar-refractivity contribution in [3.05, 3.63) is 37.3 Å². The molecule has 1 aliphatic rings. The van der Waals surface area contributed by atoms with Crippen LogP contribution in [-0.4, -0.2) is 55.8 Å². The second kappa shape index (κ2) is 7.39. The van der Waals surface area contributed by atoms with E-state index in [1.807, 2.05) is 15.7 Å². The molecule has 8 nitrogen and oxygen atoms in total. The van der Waals surface area contributed by atoms with Gasteiger partial charge in [0.15, 0.2) is 0 Å². The Kier molecular flexibility index (Phi) is 5.05. The second-order valence-electron chi connectivity index (χ2n) is 6.14. The summed E-state index contributed by atoms with van der Waals surface area (Å²) in [5.74, 6) is 0.710. The zero-order valence-corrected chi connectivity index (χ0v) is 13.5. The topological polar surface area (TPSA) is 96.2 Å². The predicted octanol–water partition coefficient (Wildman–Crippen LogP) is 0.211. The molecule has 3 rings (SSSR count). The number of aromatic nitrogens is 4. The first-order valence-electron chi connectivity index (χ1n) is 8.10. The Morgan fingerprint density at radius 2 is 2.25 bits per heavy atom. The molecule has 2 N–H and O–H groups in total. The first kappa shape index (κ1) is 16.4. The van der Waals surface area contributed by atoms with E-state index >= 15 is 0 Å². The fraction of sp³-hybridized carbons (Fsp3) is 0.500. The molecule has 8 heteroatoms. The highest BCUT2D eigenvalue weighted by Crippen LogP contribution is 2.24. The number of amides is 1. The highest BCUT2D eigenvalue weighted by molar-refractivity contribution is 5.75. The molecule has 2 aromatic heterocycles. The SMILES string of the molecule is O=C(CCCn1ccnc1)NC[C@@]1(O)CCN(c2cnccn2)C1. The van der Waals surface area contributed by atoms with Crippen molar-refractivity contribution in [1.82, 2.24) is 24.8 Å². The van der Waals surface area contributed by atoms with Gasteiger partial charge in [-0.2, -0.15) is 0 Å². The normalized spacial score (nSPS) is 20.3. The highest BCUT2D eigenvalue weighted by Gasteiger charge is 2.36. The number of hydrogen-bond donors (Lipinski definition) is 2. The van der Waals surface area contributed by atoms with Gasteiger partial charge in [-0.25, -0.2) is 9.97 Å². The van der Waals surface area contributed by atoms with Crippen LogP contribution in [0.2, 0.25) is 0 Å². The molecule has 0 aliphatic carbocycles. The van der Waals surface area contributed by atoms with Crippen LogP contribution in [-0.2, 0) is 11.3 Å². The second-order valence-corrected chi connectivity index (χ2v) is 6.14. The summed E-state index contributed by atoms with van der Waals surface area (Å²) in [6.45, 7) is 2.17. The number of hydrogen-bond acceptors (Lipinski definition) is 6. The lowest BCUT2D eigenvalue weighted by molar-refractivity contribution is -0.122. The summed E-state index contributed by atoms with van der Waals surface area (Å²) in [6, 6.07) is 0. The van der Waals surface area contributed by atoms with Crippen molar-refractivity contribution in [3.8, 4) is 0 Å². The number of β-amino-alcohol motifs (C(OH)–C–C–N with tert-alkyl or cyclic N) is 1. The van der Waals surface area contributed by atoms with Crippen LogP contribution in [0.25, 0.3) is 0 Å². The van der Waals surface area contributed by atoms with E-state index in [4.69, 9.17) is 0 Å². The molecule has 0 bridgehead atoms. The Morgan fingerprint density at radius 3 is 3.00 bits per heavy atom. The van der Waals surface area contributed by atoms with E-state index < -0.39 is 5.60 Å². The van der Waals surface area contributed by atoms with Crippen molar-refractivity contribution < 1.29 is 9.90 Å². The van der Waals surface area contributed by atoms with Gasteiger partial charge in [0.05, 0.1) is 12.5 Å². The van der Waals surface area contributed by atoms with Crippen molar-refractivity contribution in [2.24, 2.45) is 0 Å². The Hall–Kier alpha value is -2.48. The van der Waals surface area contributed by atoms with E-state index in [0.29, 0.717) is 25.9 Å². The van der Waals surface area contributed by atoms with E-state index in [-0.39, 0.29) is 12.5 Å². The maximum Gasteiger partial charge on any atom is 0.220 e. The number of carbonyl (C=O) groups is 1. The van der Waals surface area contributed by atoms with Crippen LogP contribution in [0, 0.1) is 0 Å². The lowest BCUT2D eigenvalue weighted by Crippen LogP contribution is -2.45. The summed E-state index contributed by atoms with van der Waals surface area (Å²) in [4.78, 5) is 26.2. The number of carbonyl (C=O) groups excluding carboxylic acids is 1.